The standard InChI is InChI=1S/C31H34N6/c1-22-28-13-15-35-30(28)11-10-29(22)36-31-25(20-34-21-26(31)18-32)9-8-23-5-3-6-24(17-23)19-33-14-12-27-7-4-16-37(27)2/h3,5-6,8-11,13,15,17,20-21,27,33,35H,4,7,12,14,16,19H2,1-2H3,(H,34,36). The molecule has 0 spiro atoms. The Balaban J connectivity index is 1.29. The molecule has 3 heterocycles. The molecule has 0 radical (unpaired) electrons. The molecule has 3 N–H and O–H groups in total. The number of nitrogens with zero attached hydrogens (tertiary/aromatic N) is 3. The number of benzene rings is 2. The summed E-state index contributed by atoms with van der Waals surface area (Å²) in [6, 6.07) is 17.8. The van der Waals surface area contributed by atoms with Gasteiger partial charge in [0.15, 0.2) is 0 Å². The molecule has 1 aliphatic heterocycles. The SMILES string of the molecule is Cc1c(Nc2c(C#N)cncc2C=Cc2cccc(CNCCC3CCCN3C)c2)ccc2[nH]ccc12. The number of pyridine rings is 1. The third-order valence-electron chi connectivity index (χ3n) is 7.42. The number of hydrogen-bond acceptors (Lipinski definition) is 5. The van der Waals surface area contributed by atoms with Gasteiger partial charge in [0.1, 0.15) is 6.07 Å². The first-order valence-corrected chi connectivity index (χ1v) is 13.0. The van der Waals surface area contributed by atoms with Crippen LogP contribution in [0.15, 0.2) is 61.1 Å². The number of rotatable bonds is 9. The quantitative estimate of drug-likeness (QED) is 0.242. The summed E-state index contributed by atoms with van der Waals surface area (Å²) in [4.78, 5) is 10.0. The van der Waals surface area contributed by atoms with E-state index in [2.05, 4.69) is 88.0 Å². The Morgan fingerprint density at radius 2 is 2.11 bits per heavy atom. The minimum atomic E-state index is 0.515. The summed E-state index contributed by atoms with van der Waals surface area (Å²) in [5.74, 6) is 0. The van der Waals surface area contributed by atoms with Gasteiger partial charge in [0, 0.05) is 53.3 Å². The lowest BCUT2D eigenvalue weighted by Crippen LogP contribution is -2.28. The highest BCUT2D eigenvalue weighted by molar-refractivity contribution is 5.90. The molecule has 1 saturated heterocycles. The van der Waals surface area contributed by atoms with Crippen LogP contribution in [0, 0.1) is 18.3 Å². The lowest BCUT2D eigenvalue weighted by molar-refractivity contribution is 0.293. The zero-order valence-corrected chi connectivity index (χ0v) is 21.6. The van der Waals surface area contributed by atoms with Crippen molar-refractivity contribution in [1.82, 2.24) is 20.2 Å². The van der Waals surface area contributed by atoms with Gasteiger partial charge in [-0.3, -0.25) is 4.98 Å². The third kappa shape index (κ3) is 5.75. The number of hydrogen-bond donors (Lipinski definition) is 3. The maximum atomic E-state index is 9.77. The highest BCUT2D eigenvalue weighted by Crippen LogP contribution is 2.31. The van der Waals surface area contributed by atoms with Crippen molar-refractivity contribution in [1.29, 1.82) is 5.26 Å². The Hall–Kier alpha value is -3.92. The molecule has 4 aromatic rings. The average molecular weight is 491 g/mol. The molecule has 5 rings (SSSR count). The molecule has 37 heavy (non-hydrogen) atoms. The molecule has 0 aliphatic carbocycles. The van der Waals surface area contributed by atoms with Gasteiger partial charge in [0.05, 0.1) is 11.3 Å². The number of aryl methyl sites for hydroxylation is 1. The summed E-state index contributed by atoms with van der Waals surface area (Å²) in [7, 11) is 2.23. The Labute approximate surface area is 219 Å². The fraction of sp³-hybridized carbons (Fsp3) is 0.290. The van der Waals surface area contributed by atoms with Gasteiger partial charge in [-0.05, 0) is 81.2 Å². The smallest absolute Gasteiger partial charge is 0.103 e. The summed E-state index contributed by atoms with van der Waals surface area (Å²) in [6.07, 6.45) is 13.3. The van der Waals surface area contributed by atoms with Gasteiger partial charge in [0.2, 0.25) is 0 Å². The highest BCUT2D eigenvalue weighted by atomic mass is 15.1. The van der Waals surface area contributed by atoms with Gasteiger partial charge in [0.25, 0.3) is 0 Å². The monoisotopic (exact) mass is 490 g/mol. The van der Waals surface area contributed by atoms with E-state index < -0.39 is 0 Å². The molecule has 6 heteroatoms. The van der Waals surface area contributed by atoms with Gasteiger partial charge >= 0.3 is 0 Å². The molecular formula is C31H34N6. The second kappa shape index (κ2) is 11.4. The maximum absolute atomic E-state index is 9.77. The molecule has 1 unspecified atom stereocenters. The van der Waals surface area contributed by atoms with Gasteiger partial charge in [-0.15, -0.1) is 0 Å². The Kier molecular flexibility index (Phi) is 7.65. The van der Waals surface area contributed by atoms with Crippen LogP contribution >= 0.6 is 0 Å². The van der Waals surface area contributed by atoms with Crippen molar-refractivity contribution in [3.8, 4) is 6.07 Å². The zero-order valence-electron chi connectivity index (χ0n) is 21.6. The Morgan fingerprint density at radius 3 is 2.95 bits per heavy atom. The first-order chi connectivity index (χ1) is 18.1. The van der Waals surface area contributed by atoms with E-state index in [9.17, 15) is 5.26 Å². The Morgan fingerprint density at radius 1 is 1.19 bits per heavy atom. The van der Waals surface area contributed by atoms with Crippen LogP contribution in [0.3, 0.4) is 0 Å². The predicted molar refractivity (Wildman–Crippen MR) is 153 cm³/mol. The van der Waals surface area contributed by atoms with Gasteiger partial charge in [-0.2, -0.15) is 5.26 Å². The maximum Gasteiger partial charge on any atom is 0.103 e. The summed E-state index contributed by atoms with van der Waals surface area (Å²) in [5.41, 5.74) is 7.74. The first-order valence-electron chi connectivity index (χ1n) is 13.0. The van der Waals surface area contributed by atoms with Crippen LogP contribution in [0.1, 0.15) is 47.1 Å². The van der Waals surface area contributed by atoms with Crippen molar-refractivity contribution < 1.29 is 0 Å². The fourth-order valence-corrected chi connectivity index (χ4v) is 5.22. The van der Waals surface area contributed by atoms with Crippen LogP contribution in [-0.4, -0.2) is 41.0 Å². The molecule has 1 fully saturated rings. The number of aromatic nitrogens is 2. The van der Waals surface area contributed by atoms with Crippen LogP contribution in [-0.2, 0) is 6.54 Å². The van der Waals surface area contributed by atoms with E-state index in [1.807, 2.05) is 18.3 Å². The molecule has 0 amide bonds. The second-order valence-electron chi connectivity index (χ2n) is 9.89. The molecular weight excluding hydrogens is 456 g/mol. The van der Waals surface area contributed by atoms with E-state index in [1.165, 1.54) is 31.4 Å². The molecule has 188 valence electrons. The van der Waals surface area contributed by atoms with Crippen LogP contribution < -0.4 is 10.6 Å². The van der Waals surface area contributed by atoms with Crippen molar-refractivity contribution in [2.75, 3.05) is 25.5 Å². The van der Waals surface area contributed by atoms with Crippen molar-refractivity contribution in [2.24, 2.45) is 0 Å². The minimum Gasteiger partial charge on any atom is -0.361 e. The lowest BCUT2D eigenvalue weighted by Gasteiger charge is -2.19. The summed E-state index contributed by atoms with van der Waals surface area (Å²) in [5, 5.41) is 18.0. The van der Waals surface area contributed by atoms with Gasteiger partial charge in [-0.25, -0.2) is 0 Å². The van der Waals surface area contributed by atoms with Crippen LogP contribution in [0.25, 0.3) is 23.1 Å². The average Bonchev–Trinajstić information content (AvgIpc) is 3.57. The molecule has 1 atom stereocenters. The van der Waals surface area contributed by atoms with E-state index in [0.717, 1.165) is 58.1 Å². The van der Waals surface area contributed by atoms with E-state index in [0.29, 0.717) is 5.56 Å². The zero-order chi connectivity index (χ0) is 25.6. The molecule has 2 aromatic carbocycles. The van der Waals surface area contributed by atoms with Crippen molar-refractivity contribution in [2.45, 2.75) is 38.8 Å². The van der Waals surface area contributed by atoms with Crippen molar-refractivity contribution in [3.63, 3.8) is 0 Å². The molecule has 0 saturated carbocycles. The van der Waals surface area contributed by atoms with E-state index in [4.69, 9.17) is 0 Å². The van der Waals surface area contributed by atoms with Crippen LogP contribution in [0.4, 0.5) is 11.4 Å². The van der Waals surface area contributed by atoms with Gasteiger partial charge in [-0.1, -0.05) is 36.4 Å². The number of anilines is 2. The molecule has 1 aliphatic rings. The van der Waals surface area contributed by atoms with E-state index in [-0.39, 0.29) is 0 Å². The van der Waals surface area contributed by atoms with E-state index in [1.54, 1.807) is 12.4 Å². The summed E-state index contributed by atoms with van der Waals surface area (Å²) in [6.45, 7) is 5.21. The topological polar surface area (TPSA) is 79.8 Å². The summed E-state index contributed by atoms with van der Waals surface area (Å²) < 4.78 is 0. The van der Waals surface area contributed by atoms with Crippen molar-refractivity contribution in [3.05, 3.63) is 88.9 Å². The molecule has 2 aromatic heterocycles. The molecule has 0 bridgehead atoms. The molecule has 6 nitrogen and oxygen atoms in total. The first kappa shape index (κ1) is 24.8. The number of fused-ring (bicyclic) bond motifs is 1. The van der Waals surface area contributed by atoms with Crippen LogP contribution in [0.5, 0.6) is 0 Å². The van der Waals surface area contributed by atoms with E-state index >= 15 is 0 Å². The van der Waals surface area contributed by atoms with Crippen molar-refractivity contribution >= 4 is 34.4 Å². The Bertz CT molecular complexity index is 1440. The van der Waals surface area contributed by atoms with Gasteiger partial charge < -0.3 is 20.5 Å². The van der Waals surface area contributed by atoms with Crippen LogP contribution in [0.2, 0.25) is 0 Å². The second-order valence-corrected chi connectivity index (χ2v) is 9.89. The fourth-order valence-electron chi connectivity index (χ4n) is 5.22. The lowest BCUT2D eigenvalue weighted by atomic mass is 10.1. The number of nitrogens with one attached hydrogen (secondary N) is 3. The predicted octanol–water partition coefficient (Wildman–Crippen LogP) is 6.23. The largest absolute Gasteiger partial charge is 0.361 e. The minimum absolute atomic E-state index is 0.515. The number of nitriles is 1. The number of likely N-dealkylation sites (tertiary alicyclic amines) is 1. The number of H-pyrrole nitrogens is 1. The summed E-state index contributed by atoms with van der Waals surface area (Å²) >= 11 is 0. The highest BCUT2D eigenvalue weighted by Gasteiger charge is 2.19. The third-order valence-corrected chi connectivity index (χ3v) is 7.42. The normalized spacial score (nSPS) is 16.0. The number of aromatic amines is 1.